The van der Waals surface area contributed by atoms with Crippen molar-refractivity contribution >= 4 is 41.5 Å². The fraction of sp³-hybridized carbons (Fsp3) is 0.500. The second-order valence-corrected chi connectivity index (χ2v) is 5.72. The molecule has 1 aromatic rings. The highest BCUT2D eigenvalue weighted by molar-refractivity contribution is 6.36. The van der Waals surface area contributed by atoms with Gasteiger partial charge in [-0.25, -0.2) is 0 Å². The van der Waals surface area contributed by atoms with Crippen molar-refractivity contribution in [2.45, 2.75) is 25.3 Å². The summed E-state index contributed by atoms with van der Waals surface area (Å²) in [5.41, 5.74) is 0.519. The lowest BCUT2D eigenvalue weighted by molar-refractivity contribution is 0.0720. The number of nitrogens with one attached hydrogen (secondary N) is 1. The van der Waals surface area contributed by atoms with Gasteiger partial charge in [-0.3, -0.25) is 4.79 Å². The molecule has 1 aromatic carbocycles. The molecule has 0 aliphatic carbocycles. The van der Waals surface area contributed by atoms with Crippen LogP contribution in [0, 0.1) is 0 Å². The van der Waals surface area contributed by atoms with Crippen LogP contribution in [0.25, 0.3) is 0 Å². The quantitative estimate of drug-likeness (QED) is 0.894. The molecule has 1 heterocycles. The van der Waals surface area contributed by atoms with Gasteiger partial charge in [0, 0.05) is 18.1 Å². The van der Waals surface area contributed by atoms with E-state index in [1.807, 2.05) is 11.9 Å². The van der Waals surface area contributed by atoms with E-state index in [4.69, 9.17) is 23.2 Å². The minimum atomic E-state index is -0.0337. The van der Waals surface area contributed by atoms with Crippen LogP contribution in [0.3, 0.4) is 0 Å². The van der Waals surface area contributed by atoms with Crippen molar-refractivity contribution in [2.75, 3.05) is 20.1 Å². The van der Waals surface area contributed by atoms with E-state index >= 15 is 0 Å². The number of amides is 1. The first kappa shape index (κ1) is 17.6. The number of benzene rings is 1. The summed E-state index contributed by atoms with van der Waals surface area (Å²) in [6.07, 6.45) is 3.10. The lowest BCUT2D eigenvalue weighted by Crippen LogP contribution is -2.37. The average molecular weight is 338 g/mol. The fourth-order valence-corrected chi connectivity index (χ4v) is 2.90. The van der Waals surface area contributed by atoms with Crippen molar-refractivity contribution < 1.29 is 4.79 Å². The van der Waals surface area contributed by atoms with Crippen molar-refractivity contribution in [1.29, 1.82) is 0 Å². The Morgan fingerprint density at radius 2 is 2.05 bits per heavy atom. The van der Waals surface area contributed by atoms with Crippen molar-refractivity contribution in [3.63, 3.8) is 0 Å². The molecule has 0 bridgehead atoms. The molecule has 1 fully saturated rings. The first-order valence-corrected chi connectivity index (χ1v) is 7.28. The number of nitrogens with zero attached hydrogens (tertiary/aromatic N) is 1. The zero-order valence-electron chi connectivity index (χ0n) is 11.4. The Morgan fingerprint density at radius 3 is 2.75 bits per heavy atom. The normalized spacial score (nSPS) is 18.9. The molecule has 112 valence electrons. The molecule has 2 rings (SSSR count). The van der Waals surface area contributed by atoms with Gasteiger partial charge in [0.25, 0.3) is 5.91 Å². The maximum absolute atomic E-state index is 12.5. The van der Waals surface area contributed by atoms with E-state index in [2.05, 4.69) is 5.32 Å². The largest absolute Gasteiger partial charge is 0.339 e. The topological polar surface area (TPSA) is 32.3 Å². The van der Waals surface area contributed by atoms with Crippen LogP contribution < -0.4 is 5.32 Å². The third-order valence-corrected chi connectivity index (χ3v) is 4.12. The van der Waals surface area contributed by atoms with Crippen LogP contribution in [-0.2, 0) is 0 Å². The Morgan fingerprint density at radius 1 is 1.30 bits per heavy atom. The molecule has 6 heteroatoms. The van der Waals surface area contributed by atoms with Crippen LogP contribution in [0.4, 0.5) is 0 Å². The van der Waals surface area contributed by atoms with Crippen molar-refractivity contribution in [3.05, 3.63) is 33.8 Å². The van der Waals surface area contributed by atoms with E-state index in [1.54, 1.807) is 18.2 Å². The Balaban J connectivity index is 0.00000200. The van der Waals surface area contributed by atoms with Gasteiger partial charge < -0.3 is 10.2 Å². The summed E-state index contributed by atoms with van der Waals surface area (Å²) in [5, 5.41) is 4.31. The molecule has 3 nitrogen and oxygen atoms in total. The van der Waals surface area contributed by atoms with Crippen LogP contribution in [0.5, 0.6) is 0 Å². The van der Waals surface area contributed by atoms with Gasteiger partial charge in [0.05, 0.1) is 10.6 Å². The molecular weight excluding hydrogens is 319 g/mol. The van der Waals surface area contributed by atoms with Crippen LogP contribution in [-0.4, -0.2) is 37.0 Å². The van der Waals surface area contributed by atoms with Gasteiger partial charge in [-0.15, -0.1) is 12.4 Å². The second-order valence-electron chi connectivity index (χ2n) is 4.87. The number of hydrogen-bond donors (Lipinski definition) is 1. The first-order valence-electron chi connectivity index (χ1n) is 6.52. The molecule has 1 atom stereocenters. The number of halogens is 3. The van der Waals surface area contributed by atoms with Crippen molar-refractivity contribution in [1.82, 2.24) is 10.2 Å². The zero-order valence-corrected chi connectivity index (χ0v) is 13.7. The monoisotopic (exact) mass is 336 g/mol. The van der Waals surface area contributed by atoms with E-state index in [1.165, 1.54) is 0 Å². The Hall–Kier alpha value is -0.480. The Kier molecular flexibility index (Phi) is 7.10. The van der Waals surface area contributed by atoms with Crippen LogP contribution in [0.1, 0.15) is 29.6 Å². The molecule has 0 spiro atoms. The van der Waals surface area contributed by atoms with E-state index in [0.717, 1.165) is 32.4 Å². The van der Waals surface area contributed by atoms with Crippen molar-refractivity contribution in [2.24, 2.45) is 0 Å². The number of carbonyl (C=O) groups excluding carboxylic acids is 1. The minimum absolute atomic E-state index is 0. The molecule has 20 heavy (non-hydrogen) atoms. The van der Waals surface area contributed by atoms with Gasteiger partial charge >= 0.3 is 0 Å². The molecule has 0 aromatic heterocycles. The fourth-order valence-electron chi connectivity index (χ4n) is 2.41. The smallest absolute Gasteiger partial charge is 0.255 e. The molecule has 0 radical (unpaired) electrons. The molecule has 0 saturated carbocycles. The molecule has 1 saturated heterocycles. The summed E-state index contributed by atoms with van der Waals surface area (Å²) in [4.78, 5) is 14.3. The average Bonchev–Trinajstić information content (AvgIpc) is 2.66. The molecule has 1 N–H and O–H groups in total. The summed E-state index contributed by atoms with van der Waals surface area (Å²) < 4.78 is 0. The van der Waals surface area contributed by atoms with Crippen LogP contribution in [0.2, 0.25) is 10.0 Å². The maximum Gasteiger partial charge on any atom is 0.255 e. The van der Waals surface area contributed by atoms with Crippen molar-refractivity contribution in [3.8, 4) is 0 Å². The summed E-state index contributed by atoms with van der Waals surface area (Å²) in [5.74, 6) is -0.0337. The minimum Gasteiger partial charge on any atom is -0.339 e. The van der Waals surface area contributed by atoms with E-state index in [9.17, 15) is 4.79 Å². The van der Waals surface area contributed by atoms with Crippen LogP contribution in [0.15, 0.2) is 18.2 Å². The summed E-state index contributed by atoms with van der Waals surface area (Å²) >= 11 is 11.9. The number of carbonyl (C=O) groups is 1. The third-order valence-electron chi connectivity index (χ3n) is 3.57. The molecule has 1 amide bonds. The Labute approximate surface area is 136 Å². The van der Waals surface area contributed by atoms with Gasteiger partial charge in [-0.2, -0.15) is 0 Å². The van der Waals surface area contributed by atoms with Gasteiger partial charge in [-0.05, 0) is 50.6 Å². The predicted molar refractivity (Wildman–Crippen MR) is 86.3 cm³/mol. The molecular formula is C14H19Cl3N2O. The zero-order chi connectivity index (χ0) is 13.8. The Bertz CT molecular complexity index is 460. The predicted octanol–water partition coefficient (Wildman–Crippen LogP) is 3.63. The van der Waals surface area contributed by atoms with E-state index < -0.39 is 0 Å². The lowest BCUT2D eigenvalue weighted by Gasteiger charge is -2.27. The lowest BCUT2D eigenvalue weighted by atomic mass is 10.1. The summed E-state index contributed by atoms with van der Waals surface area (Å²) in [6.45, 7) is 1.98. The highest BCUT2D eigenvalue weighted by atomic mass is 35.5. The highest BCUT2D eigenvalue weighted by Gasteiger charge is 2.23. The molecule has 1 aliphatic heterocycles. The SMILES string of the molecule is CN(C(=O)c1ccc(Cl)cc1Cl)C1CCCNCC1.Cl. The summed E-state index contributed by atoms with van der Waals surface area (Å²) in [6, 6.07) is 5.27. The van der Waals surface area contributed by atoms with Gasteiger partial charge in [0.15, 0.2) is 0 Å². The van der Waals surface area contributed by atoms with E-state index in [-0.39, 0.29) is 24.4 Å². The van der Waals surface area contributed by atoms with Crippen LogP contribution >= 0.6 is 35.6 Å². The molecule has 1 unspecified atom stereocenters. The third kappa shape index (κ3) is 4.26. The van der Waals surface area contributed by atoms with Gasteiger partial charge in [0.2, 0.25) is 0 Å². The standard InChI is InChI=1S/C14H18Cl2N2O.ClH/c1-18(11-3-2-7-17-8-6-11)14(19)12-5-4-10(15)9-13(12)16;/h4-5,9,11,17H,2-3,6-8H2,1H3;1H. The maximum atomic E-state index is 12.5. The second kappa shape index (κ2) is 8.08. The van der Waals surface area contributed by atoms with Gasteiger partial charge in [0.1, 0.15) is 0 Å². The molecule has 1 aliphatic rings. The van der Waals surface area contributed by atoms with E-state index in [0.29, 0.717) is 15.6 Å². The number of hydrogen-bond acceptors (Lipinski definition) is 2. The highest BCUT2D eigenvalue weighted by Crippen LogP contribution is 2.23. The number of rotatable bonds is 2. The summed E-state index contributed by atoms with van der Waals surface area (Å²) in [7, 11) is 1.85. The first-order chi connectivity index (χ1) is 9.09. The van der Waals surface area contributed by atoms with Gasteiger partial charge in [-0.1, -0.05) is 23.2 Å².